The quantitative estimate of drug-likeness (QED) is 0.840. The lowest BCUT2D eigenvalue weighted by Crippen LogP contribution is -2.40. The fraction of sp³-hybridized carbons (Fsp3) is 0.300. The second-order valence-corrected chi connectivity index (χ2v) is 6.01. The number of rotatable bonds is 3. The van der Waals surface area contributed by atoms with Crippen LogP contribution in [0.4, 0.5) is 0 Å². The van der Waals surface area contributed by atoms with Crippen molar-refractivity contribution in [2.45, 2.75) is 23.5 Å². The molecular weight excluding hydrogens is 216 g/mol. The second kappa shape index (κ2) is 3.66. The average Bonchev–Trinajstić information content (AvgIpc) is 2.18. The lowest BCUT2D eigenvalue weighted by atomic mass is 10.2. The van der Waals surface area contributed by atoms with Gasteiger partial charge in [-0.25, -0.2) is 8.42 Å². The molecule has 5 heteroatoms. The van der Waals surface area contributed by atoms with Gasteiger partial charge in [0.1, 0.15) is 0 Å². The molecule has 1 aromatic carbocycles. The third kappa shape index (κ3) is 1.87. The molecule has 0 aromatic heterocycles. The van der Waals surface area contributed by atoms with Crippen molar-refractivity contribution in [3.8, 4) is 0 Å². The number of hydrogen-bond acceptors (Lipinski definition) is 3. The molecule has 1 rings (SSSR count). The van der Waals surface area contributed by atoms with Gasteiger partial charge >= 0.3 is 5.97 Å². The minimum atomic E-state index is -3.89. The van der Waals surface area contributed by atoms with Gasteiger partial charge in [0.2, 0.25) is 0 Å². The molecule has 81 valence electrons. The van der Waals surface area contributed by atoms with E-state index in [-0.39, 0.29) is 4.90 Å². The Hall–Kier alpha value is -1.36. The second-order valence-electron chi connectivity index (χ2n) is 3.55. The van der Waals surface area contributed by atoms with Crippen LogP contribution in [0.25, 0.3) is 0 Å². The summed E-state index contributed by atoms with van der Waals surface area (Å²) in [5.41, 5.74) is 0. The van der Waals surface area contributed by atoms with E-state index in [0.717, 1.165) is 13.8 Å². The summed E-state index contributed by atoms with van der Waals surface area (Å²) in [6.07, 6.45) is 0. The average molecular weight is 227 g/mol. The molecule has 0 aliphatic heterocycles. The van der Waals surface area contributed by atoms with Crippen molar-refractivity contribution in [2.75, 3.05) is 0 Å². The first-order chi connectivity index (χ1) is 6.80. The van der Waals surface area contributed by atoms with Crippen molar-refractivity contribution in [3.05, 3.63) is 30.3 Å². The van der Waals surface area contributed by atoms with Crippen molar-refractivity contribution in [2.24, 2.45) is 0 Å². The Morgan fingerprint density at radius 1 is 1.40 bits per heavy atom. The maximum atomic E-state index is 11.9. The number of benzene rings is 1. The zero-order valence-electron chi connectivity index (χ0n) is 8.39. The van der Waals surface area contributed by atoms with E-state index in [2.05, 4.69) is 6.07 Å². The van der Waals surface area contributed by atoms with Crippen molar-refractivity contribution >= 4 is 15.8 Å². The van der Waals surface area contributed by atoms with E-state index in [1.54, 1.807) is 6.07 Å². The molecule has 0 atom stereocenters. The third-order valence-corrected chi connectivity index (χ3v) is 4.51. The van der Waals surface area contributed by atoms with E-state index in [1.165, 1.54) is 18.2 Å². The van der Waals surface area contributed by atoms with Crippen LogP contribution >= 0.6 is 0 Å². The van der Waals surface area contributed by atoms with Crippen LogP contribution in [0.3, 0.4) is 0 Å². The van der Waals surface area contributed by atoms with Crippen molar-refractivity contribution < 1.29 is 18.3 Å². The van der Waals surface area contributed by atoms with Gasteiger partial charge in [0.15, 0.2) is 14.6 Å². The summed E-state index contributed by atoms with van der Waals surface area (Å²) in [5, 5.41) is 8.85. The van der Waals surface area contributed by atoms with Crippen LogP contribution in [0, 0.1) is 6.07 Å². The molecule has 0 fully saturated rings. The van der Waals surface area contributed by atoms with Gasteiger partial charge in [-0.3, -0.25) is 4.79 Å². The molecule has 1 aromatic rings. The van der Waals surface area contributed by atoms with Crippen molar-refractivity contribution in [1.29, 1.82) is 0 Å². The SMILES string of the molecule is CC(C)(C(=O)O)S(=O)(=O)c1[c]cccc1. The first kappa shape index (κ1) is 11.7. The monoisotopic (exact) mass is 227 g/mol. The van der Waals surface area contributed by atoms with E-state index in [4.69, 9.17) is 5.11 Å². The number of sulfone groups is 1. The van der Waals surface area contributed by atoms with Gasteiger partial charge < -0.3 is 5.11 Å². The Morgan fingerprint density at radius 3 is 2.40 bits per heavy atom. The van der Waals surface area contributed by atoms with Gasteiger partial charge in [-0.15, -0.1) is 0 Å². The summed E-state index contributed by atoms with van der Waals surface area (Å²) < 4.78 is 21.9. The van der Waals surface area contributed by atoms with Crippen LogP contribution < -0.4 is 0 Å². The number of carboxylic acid groups (broad SMARTS) is 1. The smallest absolute Gasteiger partial charge is 0.324 e. The molecular formula is C10H11O4S. The van der Waals surface area contributed by atoms with Gasteiger partial charge in [0, 0.05) is 6.07 Å². The number of hydrogen-bond donors (Lipinski definition) is 1. The predicted octanol–water partition coefficient (Wildman–Crippen LogP) is 1.12. The first-order valence-electron chi connectivity index (χ1n) is 4.25. The fourth-order valence-electron chi connectivity index (χ4n) is 0.934. The van der Waals surface area contributed by atoms with Gasteiger partial charge in [-0.1, -0.05) is 18.2 Å². The Morgan fingerprint density at radius 2 is 2.00 bits per heavy atom. The highest BCUT2D eigenvalue weighted by Crippen LogP contribution is 2.24. The molecule has 0 saturated heterocycles. The number of carboxylic acids is 1. The van der Waals surface area contributed by atoms with Gasteiger partial charge in [-0.2, -0.15) is 0 Å². The van der Waals surface area contributed by atoms with Crippen LogP contribution in [0.15, 0.2) is 29.2 Å². The molecule has 0 heterocycles. The summed E-state index contributed by atoms with van der Waals surface area (Å²) in [6, 6.07) is 8.43. The van der Waals surface area contributed by atoms with Crippen LogP contribution in [-0.4, -0.2) is 24.2 Å². The molecule has 4 nitrogen and oxygen atoms in total. The van der Waals surface area contributed by atoms with E-state index in [1.807, 2.05) is 0 Å². The lowest BCUT2D eigenvalue weighted by Gasteiger charge is -2.19. The highest BCUT2D eigenvalue weighted by Gasteiger charge is 2.42. The van der Waals surface area contributed by atoms with Crippen molar-refractivity contribution in [3.63, 3.8) is 0 Å². The van der Waals surface area contributed by atoms with E-state index >= 15 is 0 Å². The normalized spacial score (nSPS) is 12.4. The molecule has 0 spiro atoms. The third-order valence-electron chi connectivity index (χ3n) is 2.16. The molecule has 0 aliphatic carbocycles. The summed E-state index contributed by atoms with van der Waals surface area (Å²) in [6.45, 7) is 2.32. The maximum absolute atomic E-state index is 11.9. The molecule has 0 amide bonds. The maximum Gasteiger partial charge on any atom is 0.324 e. The van der Waals surface area contributed by atoms with Crippen LogP contribution in [-0.2, 0) is 14.6 Å². The minimum absolute atomic E-state index is 0.0996. The summed E-state index contributed by atoms with van der Waals surface area (Å²) in [4.78, 5) is 10.7. The van der Waals surface area contributed by atoms with E-state index in [9.17, 15) is 13.2 Å². The lowest BCUT2D eigenvalue weighted by molar-refractivity contribution is -0.139. The topological polar surface area (TPSA) is 71.4 Å². The Labute approximate surface area is 88.5 Å². The number of carbonyl (C=O) groups is 1. The molecule has 15 heavy (non-hydrogen) atoms. The van der Waals surface area contributed by atoms with Crippen LogP contribution in [0.1, 0.15) is 13.8 Å². The largest absolute Gasteiger partial charge is 0.480 e. The molecule has 1 radical (unpaired) electrons. The zero-order chi connectivity index (χ0) is 11.7. The highest BCUT2D eigenvalue weighted by molar-refractivity contribution is 7.93. The Bertz CT molecular complexity index is 459. The first-order valence-corrected chi connectivity index (χ1v) is 5.73. The minimum Gasteiger partial charge on any atom is -0.480 e. The Kier molecular flexibility index (Phi) is 2.86. The zero-order valence-corrected chi connectivity index (χ0v) is 9.21. The molecule has 0 aliphatic rings. The molecule has 1 N–H and O–H groups in total. The molecule has 0 saturated carbocycles. The summed E-state index contributed by atoms with van der Waals surface area (Å²) >= 11 is 0. The summed E-state index contributed by atoms with van der Waals surface area (Å²) in [5.74, 6) is -1.38. The van der Waals surface area contributed by atoms with Crippen LogP contribution in [0.5, 0.6) is 0 Å². The standard InChI is InChI=1S/C10H11O4S/c1-10(2,9(11)12)15(13,14)8-6-4-3-5-7-8/h3-6H,1-2H3,(H,11,12). The van der Waals surface area contributed by atoms with Gasteiger partial charge in [-0.05, 0) is 19.9 Å². The summed E-state index contributed by atoms with van der Waals surface area (Å²) in [7, 11) is -3.89. The van der Waals surface area contributed by atoms with Crippen LogP contribution in [0.2, 0.25) is 0 Å². The highest BCUT2D eigenvalue weighted by atomic mass is 32.2. The van der Waals surface area contributed by atoms with Gasteiger partial charge in [0.25, 0.3) is 0 Å². The molecule has 0 unspecified atom stereocenters. The van der Waals surface area contributed by atoms with Crippen molar-refractivity contribution in [1.82, 2.24) is 0 Å². The van der Waals surface area contributed by atoms with E-state index < -0.39 is 20.6 Å². The number of aliphatic carboxylic acids is 1. The predicted molar refractivity (Wildman–Crippen MR) is 54.2 cm³/mol. The molecule has 0 bridgehead atoms. The Balaban J connectivity index is 3.33. The van der Waals surface area contributed by atoms with Gasteiger partial charge in [0.05, 0.1) is 4.90 Å². The fourth-order valence-corrected chi connectivity index (χ4v) is 2.19. The van der Waals surface area contributed by atoms with E-state index in [0.29, 0.717) is 0 Å².